The third-order valence-corrected chi connectivity index (χ3v) is 14.2. The van der Waals surface area contributed by atoms with Crippen molar-refractivity contribution >= 4 is 81.3 Å². The summed E-state index contributed by atoms with van der Waals surface area (Å²) < 4.78 is 9.01. The fourth-order valence-electron chi connectivity index (χ4n) is 10.2. The molecule has 61 heavy (non-hydrogen) atoms. The molecule has 11 aromatic rings. The van der Waals surface area contributed by atoms with Gasteiger partial charge in [-0.2, -0.15) is 0 Å². The van der Waals surface area contributed by atoms with Gasteiger partial charge in [0, 0.05) is 47.9 Å². The molecule has 12 rings (SSSR count). The van der Waals surface area contributed by atoms with Gasteiger partial charge < -0.3 is 9.32 Å². The fraction of sp³-hybridized carbons (Fsp3) is 0.103. The van der Waals surface area contributed by atoms with Crippen molar-refractivity contribution in [1.82, 2.24) is 0 Å². The quantitative estimate of drug-likeness (QED) is 0.160. The van der Waals surface area contributed by atoms with Crippen molar-refractivity contribution in [3.63, 3.8) is 0 Å². The van der Waals surface area contributed by atoms with Crippen LogP contribution in [-0.2, 0) is 0 Å². The topological polar surface area (TPSA) is 16.4 Å². The molecule has 1 saturated carbocycles. The number of anilines is 3. The summed E-state index contributed by atoms with van der Waals surface area (Å²) in [4.78, 5) is 2.48. The lowest BCUT2D eigenvalue weighted by Crippen LogP contribution is -2.12. The average Bonchev–Trinajstić information content (AvgIpc) is 3.90. The molecule has 0 saturated heterocycles. The van der Waals surface area contributed by atoms with Gasteiger partial charge in [-0.25, -0.2) is 0 Å². The molecule has 0 bridgehead atoms. The molecule has 2 nitrogen and oxygen atoms in total. The molecule has 292 valence electrons. The average molecular weight is 802 g/mol. The van der Waals surface area contributed by atoms with Crippen molar-refractivity contribution in [3.05, 3.63) is 200 Å². The Morgan fingerprint density at radius 2 is 1.07 bits per heavy atom. The zero-order valence-corrected chi connectivity index (χ0v) is 34.7. The number of para-hydroxylation sites is 2. The first-order valence-electron chi connectivity index (χ1n) is 21.7. The summed E-state index contributed by atoms with van der Waals surface area (Å²) >= 11 is 1.87. The van der Waals surface area contributed by atoms with Crippen molar-refractivity contribution in [2.45, 2.75) is 38.0 Å². The zero-order valence-electron chi connectivity index (χ0n) is 33.9. The zero-order chi connectivity index (χ0) is 40.3. The Morgan fingerprint density at radius 3 is 1.95 bits per heavy atom. The van der Waals surface area contributed by atoms with Crippen LogP contribution >= 0.6 is 11.3 Å². The first kappa shape index (κ1) is 36.0. The van der Waals surface area contributed by atoms with Crippen LogP contribution in [0.1, 0.15) is 43.6 Å². The number of hydrogen-bond acceptors (Lipinski definition) is 3. The number of fused-ring (bicyclic) bond motifs is 7. The van der Waals surface area contributed by atoms with Gasteiger partial charge in [-0.15, -0.1) is 11.3 Å². The first-order valence-corrected chi connectivity index (χ1v) is 22.5. The Kier molecular flexibility index (Phi) is 8.82. The van der Waals surface area contributed by atoms with E-state index in [9.17, 15) is 0 Å². The highest BCUT2D eigenvalue weighted by Gasteiger charge is 2.24. The summed E-state index contributed by atoms with van der Waals surface area (Å²) in [6, 6.07) is 71.6. The first-order chi connectivity index (χ1) is 30.2. The monoisotopic (exact) mass is 801 g/mol. The number of nitrogens with zero attached hydrogens (tertiary/aromatic N) is 1. The predicted molar refractivity (Wildman–Crippen MR) is 261 cm³/mol. The Bertz CT molecular complexity index is 3430. The Labute approximate surface area is 360 Å². The van der Waals surface area contributed by atoms with E-state index in [-0.39, 0.29) is 0 Å². The minimum Gasteiger partial charge on any atom is -0.456 e. The lowest BCUT2D eigenvalue weighted by Gasteiger charge is -2.30. The second-order valence-corrected chi connectivity index (χ2v) is 17.7. The van der Waals surface area contributed by atoms with E-state index in [1.54, 1.807) is 0 Å². The van der Waals surface area contributed by atoms with Crippen LogP contribution < -0.4 is 4.90 Å². The van der Waals surface area contributed by atoms with Crippen LogP contribution in [0.2, 0.25) is 0 Å². The lowest BCUT2D eigenvalue weighted by molar-refractivity contribution is 0.445. The number of furan rings is 1. The van der Waals surface area contributed by atoms with Gasteiger partial charge in [0.2, 0.25) is 0 Å². The van der Waals surface area contributed by atoms with Crippen LogP contribution in [0, 0.1) is 0 Å². The molecule has 0 N–H and O–H groups in total. The van der Waals surface area contributed by atoms with Gasteiger partial charge in [0.15, 0.2) is 0 Å². The Hall–Kier alpha value is -6.94. The van der Waals surface area contributed by atoms with Gasteiger partial charge in [0.25, 0.3) is 0 Å². The molecule has 1 aliphatic rings. The molecular formula is C58H43NOS. The van der Waals surface area contributed by atoms with Crippen LogP contribution in [0.5, 0.6) is 0 Å². The standard InChI is InChI=1S/C58H43NOS/c1-2-15-38(16-3-1)45-26-12-17-39-18-13-28-50(57(39)45)47-23-4-7-29-52(47)59(43-21-10-19-40(35-43)41-33-34-49-48-24-5-8-30-53(48)60-54(49)37-41)44-22-11-20-42(36-44)46-27-14-32-56-58(46)51-25-6-9-31-55(51)61-56/h4-14,17-38H,1-3,15-16H2. The highest BCUT2D eigenvalue weighted by atomic mass is 32.1. The van der Waals surface area contributed by atoms with Crippen molar-refractivity contribution in [2.75, 3.05) is 4.90 Å². The summed E-state index contributed by atoms with van der Waals surface area (Å²) in [6.45, 7) is 0. The smallest absolute Gasteiger partial charge is 0.136 e. The molecule has 0 amide bonds. The van der Waals surface area contributed by atoms with Crippen LogP contribution in [0.4, 0.5) is 17.1 Å². The van der Waals surface area contributed by atoms with Crippen molar-refractivity contribution < 1.29 is 4.42 Å². The highest BCUT2D eigenvalue weighted by Crippen LogP contribution is 2.48. The summed E-state index contributed by atoms with van der Waals surface area (Å²) in [5, 5.41) is 7.61. The maximum absolute atomic E-state index is 6.38. The number of thiophene rings is 1. The van der Waals surface area contributed by atoms with Crippen LogP contribution in [0.25, 0.3) is 86.3 Å². The van der Waals surface area contributed by atoms with Crippen LogP contribution in [-0.4, -0.2) is 0 Å². The summed E-state index contributed by atoms with van der Waals surface area (Å²) in [7, 11) is 0. The molecule has 0 radical (unpaired) electrons. The van der Waals surface area contributed by atoms with Crippen LogP contribution in [0.15, 0.2) is 199 Å². The number of rotatable bonds is 7. The normalized spacial score (nSPS) is 13.5. The molecule has 2 aromatic heterocycles. The number of benzene rings is 9. The molecule has 1 fully saturated rings. The van der Waals surface area contributed by atoms with E-state index in [4.69, 9.17) is 4.42 Å². The highest BCUT2D eigenvalue weighted by molar-refractivity contribution is 7.25. The molecule has 0 aliphatic heterocycles. The van der Waals surface area contributed by atoms with E-state index in [1.165, 1.54) is 90.9 Å². The fourth-order valence-corrected chi connectivity index (χ4v) is 11.4. The van der Waals surface area contributed by atoms with E-state index in [0.717, 1.165) is 50.1 Å². The van der Waals surface area contributed by atoms with Crippen molar-refractivity contribution in [3.8, 4) is 33.4 Å². The van der Waals surface area contributed by atoms with E-state index in [2.05, 4.69) is 193 Å². The van der Waals surface area contributed by atoms with Crippen molar-refractivity contribution in [2.24, 2.45) is 0 Å². The van der Waals surface area contributed by atoms with Gasteiger partial charge in [-0.05, 0) is 124 Å². The van der Waals surface area contributed by atoms with E-state index in [0.29, 0.717) is 5.92 Å². The maximum atomic E-state index is 6.38. The SMILES string of the molecule is c1cc(-c2ccc3c(c2)oc2ccccc23)cc(N(c2cccc(-c3cccc4sc5ccccc5c34)c2)c2ccccc2-c2cccc3cccc(C4CCCCC4)c23)c1. The predicted octanol–water partition coefficient (Wildman–Crippen LogP) is 17.6. The number of hydrogen-bond donors (Lipinski definition) is 0. The van der Waals surface area contributed by atoms with E-state index in [1.807, 2.05) is 17.4 Å². The summed E-state index contributed by atoms with van der Waals surface area (Å²) in [5.41, 5.74) is 13.9. The van der Waals surface area contributed by atoms with Gasteiger partial charge in [-0.1, -0.05) is 153 Å². The van der Waals surface area contributed by atoms with E-state index < -0.39 is 0 Å². The van der Waals surface area contributed by atoms with Gasteiger partial charge in [-0.3, -0.25) is 0 Å². The summed E-state index contributed by atoms with van der Waals surface area (Å²) in [5.74, 6) is 0.579. The molecule has 2 heterocycles. The second kappa shape index (κ2) is 15.0. The molecule has 9 aromatic carbocycles. The van der Waals surface area contributed by atoms with Crippen LogP contribution in [0.3, 0.4) is 0 Å². The van der Waals surface area contributed by atoms with E-state index >= 15 is 0 Å². The third-order valence-electron chi connectivity index (χ3n) is 13.1. The van der Waals surface area contributed by atoms with Gasteiger partial charge >= 0.3 is 0 Å². The van der Waals surface area contributed by atoms with Crippen molar-refractivity contribution in [1.29, 1.82) is 0 Å². The molecule has 0 unspecified atom stereocenters. The second-order valence-electron chi connectivity index (χ2n) is 16.6. The minimum atomic E-state index is 0.579. The molecule has 0 spiro atoms. The summed E-state index contributed by atoms with van der Waals surface area (Å²) in [6.07, 6.45) is 6.46. The van der Waals surface area contributed by atoms with Gasteiger partial charge in [0.1, 0.15) is 11.2 Å². The van der Waals surface area contributed by atoms with Gasteiger partial charge in [0.05, 0.1) is 5.69 Å². The molecular weight excluding hydrogens is 759 g/mol. The lowest BCUT2D eigenvalue weighted by atomic mass is 9.80. The third kappa shape index (κ3) is 6.23. The largest absolute Gasteiger partial charge is 0.456 e. The maximum Gasteiger partial charge on any atom is 0.136 e. The molecule has 3 heteroatoms. The minimum absolute atomic E-state index is 0.579. The molecule has 1 aliphatic carbocycles. The Balaban J connectivity index is 1.07. The Morgan fingerprint density at radius 1 is 0.426 bits per heavy atom. The molecule has 0 atom stereocenters.